The molecule has 1 aliphatic carbocycles. The number of hydrogen-bond donors (Lipinski definition) is 1. The number of esters is 2. The number of allylic oxidation sites excluding steroid dienone is 4. The summed E-state index contributed by atoms with van der Waals surface area (Å²) in [5.74, 6) is -1.11. The molecule has 6 rings (SSSR count). The normalized spacial score (nSPS) is 26.7. The van der Waals surface area contributed by atoms with Crippen molar-refractivity contribution in [1.29, 1.82) is 0 Å². The van der Waals surface area contributed by atoms with Gasteiger partial charge in [-0.05, 0) is 95.1 Å². The zero-order valence-electron chi connectivity index (χ0n) is 36.0. The van der Waals surface area contributed by atoms with Crippen molar-refractivity contribution in [1.82, 2.24) is 9.97 Å². The molecule has 10 heteroatoms. The van der Waals surface area contributed by atoms with Crippen molar-refractivity contribution in [2.45, 2.75) is 132 Å². The molecule has 1 unspecified atom stereocenters. The maximum Gasteiger partial charge on any atom is 2.00 e. The first-order valence-electron chi connectivity index (χ1n) is 21.0. The molecule has 1 fully saturated rings. The molecule has 0 aromatic carbocycles. The zero-order chi connectivity index (χ0) is 40.4. The van der Waals surface area contributed by atoms with Crippen LogP contribution in [0.15, 0.2) is 40.4 Å². The Morgan fingerprint density at radius 1 is 0.982 bits per heavy atom. The summed E-state index contributed by atoms with van der Waals surface area (Å²) in [6.07, 6.45) is 15.4. The van der Waals surface area contributed by atoms with Crippen LogP contribution in [-0.2, 0) is 25.5 Å². The van der Waals surface area contributed by atoms with E-state index in [4.69, 9.17) is 30.1 Å². The molecule has 0 radical (unpaired) electrons. The third-order valence-corrected chi connectivity index (χ3v) is 13.0. The van der Waals surface area contributed by atoms with Crippen molar-refractivity contribution >= 4 is 52.7 Å². The van der Waals surface area contributed by atoms with Gasteiger partial charge in [0.15, 0.2) is 0 Å². The van der Waals surface area contributed by atoms with Gasteiger partial charge in [0.25, 0.3) is 0 Å². The molecular formula is C47H62MgN4O5-2. The molecule has 8 bridgehead atoms. The van der Waals surface area contributed by atoms with E-state index >= 15 is 0 Å². The first-order chi connectivity index (χ1) is 26.8. The standard InChI is InChI=1S/C47H62N4O5.Mg/c1-11-15-25(4)16-14-17-26(5)20-21-56-40(52)19-18-33-29(8)36-22-34-27(6)31(12-2)38(48-34)23-35-28(7)32(13-3)39(49-35)24-37-30(9)41-45(51-37)42(44(33)50-36)43(46(41)53)47(54)55-10;/h20,22-25,29,31,33,43-44,46,53H,11-19,21H2,1-10H3;/q-4;+2/b26-20-,36-22-,37-24-,38-23-;/t25-,29-,31+,33-,43+,44?,46+;/m0./s1. The van der Waals surface area contributed by atoms with Crippen molar-refractivity contribution in [2.24, 2.45) is 29.6 Å². The van der Waals surface area contributed by atoms with Crippen molar-refractivity contribution in [3.63, 3.8) is 0 Å². The van der Waals surface area contributed by atoms with Crippen LogP contribution in [-0.4, -0.2) is 59.9 Å². The summed E-state index contributed by atoms with van der Waals surface area (Å²) in [6.45, 7) is 19.6. The molecule has 57 heavy (non-hydrogen) atoms. The van der Waals surface area contributed by atoms with Crippen LogP contribution in [0.25, 0.3) is 28.4 Å². The average molecular weight is 787 g/mol. The number of aliphatic hydroxyl groups excluding tert-OH is 1. The van der Waals surface area contributed by atoms with Crippen LogP contribution in [0.1, 0.15) is 140 Å². The van der Waals surface area contributed by atoms with E-state index in [1.165, 1.54) is 37.5 Å². The van der Waals surface area contributed by atoms with Crippen molar-refractivity contribution < 1.29 is 24.2 Å². The Morgan fingerprint density at radius 2 is 1.74 bits per heavy atom. The van der Waals surface area contributed by atoms with Crippen LogP contribution in [0, 0.1) is 43.4 Å². The van der Waals surface area contributed by atoms with Crippen LogP contribution >= 0.6 is 0 Å². The van der Waals surface area contributed by atoms with Gasteiger partial charge >= 0.3 is 35.0 Å². The van der Waals surface area contributed by atoms with E-state index in [9.17, 15) is 14.7 Å². The van der Waals surface area contributed by atoms with Crippen LogP contribution in [0.5, 0.6) is 0 Å². The van der Waals surface area contributed by atoms with E-state index < -0.39 is 24.0 Å². The minimum atomic E-state index is -1.14. The predicted molar refractivity (Wildman–Crippen MR) is 228 cm³/mol. The molecule has 3 aliphatic heterocycles. The molecule has 0 saturated carbocycles. The number of nitrogens with zero attached hydrogens (tertiary/aromatic N) is 4. The van der Waals surface area contributed by atoms with Gasteiger partial charge in [0, 0.05) is 6.42 Å². The fraction of sp³-hybridized carbons (Fsp3) is 0.574. The van der Waals surface area contributed by atoms with E-state index in [2.05, 4.69) is 67.5 Å². The van der Waals surface area contributed by atoms with Crippen molar-refractivity contribution in [2.75, 3.05) is 13.7 Å². The topological polar surface area (TPSA) is 129 Å². The number of hydrogen-bond acceptors (Lipinski definition) is 5. The number of carbonyl (C=O) groups is 2. The quantitative estimate of drug-likeness (QED) is 0.117. The Hall–Kier alpha value is -3.47. The van der Waals surface area contributed by atoms with E-state index in [-0.39, 0.29) is 59.8 Å². The molecule has 5 heterocycles. The summed E-state index contributed by atoms with van der Waals surface area (Å²) in [7, 11) is 1.35. The number of carbonyl (C=O) groups excluding carboxylic acids is 2. The number of rotatable bonds is 14. The maximum absolute atomic E-state index is 13.6. The Morgan fingerprint density at radius 3 is 2.42 bits per heavy atom. The summed E-state index contributed by atoms with van der Waals surface area (Å²) in [5.41, 5.74) is 11.3. The molecule has 2 aromatic heterocycles. The Labute approximate surface area is 356 Å². The third-order valence-electron chi connectivity index (χ3n) is 13.0. The molecule has 7 atom stereocenters. The largest absolute Gasteiger partial charge is 2.00 e. The van der Waals surface area contributed by atoms with Crippen LogP contribution in [0.2, 0.25) is 0 Å². The summed E-state index contributed by atoms with van der Waals surface area (Å²) < 4.78 is 11.1. The molecule has 2 aromatic rings. The second-order valence-electron chi connectivity index (χ2n) is 16.6. The van der Waals surface area contributed by atoms with Gasteiger partial charge in [-0.25, -0.2) is 0 Å². The van der Waals surface area contributed by atoms with E-state index in [0.29, 0.717) is 28.3 Å². The second kappa shape index (κ2) is 19.1. The smallest absolute Gasteiger partial charge is 0.681 e. The molecule has 0 amide bonds. The Bertz CT molecular complexity index is 2080. The monoisotopic (exact) mass is 786 g/mol. The fourth-order valence-electron chi connectivity index (χ4n) is 9.58. The molecule has 1 saturated heterocycles. The minimum absolute atomic E-state index is 0. The predicted octanol–water partition coefficient (Wildman–Crippen LogP) is 8.03. The summed E-state index contributed by atoms with van der Waals surface area (Å²) >= 11 is 0. The van der Waals surface area contributed by atoms with E-state index in [1.807, 2.05) is 19.1 Å². The average Bonchev–Trinajstić information content (AvgIpc) is 3.91. The minimum Gasteiger partial charge on any atom is -0.681 e. The molecule has 304 valence electrons. The first kappa shape index (κ1) is 44.6. The summed E-state index contributed by atoms with van der Waals surface area (Å²) in [6, 6.07) is -0.521. The fourth-order valence-corrected chi connectivity index (χ4v) is 9.58. The number of aliphatic hydroxyl groups is 1. The SMILES string of the molecule is CCC[C@H](C)CCC/C(C)=C\COC(=O)CC[C@@H]1C2[N-]/C(=C\C3=C(C)[C@@H](CC)/C(=C/c4[n-]c(c(CC)c4C)/C=c4\[n-]c5c(c4C)[C@@H](O)[C@H](C(=O)OC)C=52)[N-]3)[C@H]1C.[Mg+2]. The Balaban J connectivity index is 0.00000620. The summed E-state index contributed by atoms with van der Waals surface area (Å²) in [5, 5.41) is 23.8. The second-order valence-corrected chi connectivity index (χ2v) is 16.6. The van der Waals surface area contributed by atoms with Gasteiger partial charge in [-0.1, -0.05) is 112 Å². The van der Waals surface area contributed by atoms with Crippen molar-refractivity contribution in [3.05, 3.63) is 95.4 Å². The van der Waals surface area contributed by atoms with Crippen LogP contribution in [0.4, 0.5) is 0 Å². The Kier molecular flexibility index (Phi) is 14.9. The maximum atomic E-state index is 13.6. The molecular weight excluding hydrogens is 725 g/mol. The van der Waals surface area contributed by atoms with Crippen LogP contribution < -0.4 is 20.7 Å². The molecule has 9 nitrogen and oxygen atoms in total. The third kappa shape index (κ3) is 8.93. The van der Waals surface area contributed by atoms with Crippen molar-refractivity contribution in [3.8, 4) is 0 Å². The number of ether oxygens (including phenoxy) is 2. The van der Waals surface area contributed by atoms with E-state index in [1.54, 1.807) is 0 Å². The number of aromatic nitrogens is 2. The van der Waals surface area contributed by atoms with Gasteiger partial charge in [-0.15, -0.1) is 27.8 Å². The van der Waals surface area contributed by atoms with Gasteiger partial charge in [-0.3, -0.25) is 9.59 Å². The molecule has 4 aliphatic rings. The molecule has 0 spiro atoms. The number of fused-ring (bicyclic) bond motifs is 8. The molecule has 1 N–H and O–H groups in total. The van der Waals surface area contributed by atoms with Gasteiger partial charge < -0.3 is 35.2 Å². The van der Waals surface area contributed by atoms with Gasteiger partial charge in [-0.2, -0.15) is 11.4 Å². The zero-order valence-corrected chi connectivity index (χ0v) is 37.4. The number of methoxy groups -OCH3 is 1. The summed E-state index contributed by atoms with van der Waals surface area (Å²) in [4.78, 5) is 37.2. The van der Waals surface area contributed by atoms with Gasteiger partial charge in [0.2, 0.25) is 0 Å². The van der Waals surface area contributed by atoms with Gasteiger partial charge in [0.1, 0.15) is 12.5 Å². The first-order valence-corrected chi connectivity index (χ1v) is 21.0. The van der Waals surface area contributed by atoms with Crippen LogP contribution in [0.3, 0.4) is 0 Å². The van der Waals surface area contributed by atoms with E-state index in [0.717, 1.165) is 76.8 Å². The van der Waals surface area contributed by atoms with Gasteiger partial charge in [0.05, 0.1) is 13.2 Å².